The van der Waals surface area contributed by atoms with Gasteiger partial charge in [0.1, 0.15) is 0 Å². The summed E-state index contributed by atoms with van der Waals surface area (Å²) in [5.74, 6) is 0.892. The predicted molar refractivity (Wildman–Crippen MR) is 104 cm³/mol. The summed E-state index contributed by atoms with van der Waals surface area (Å²) in [6.45, 7) is 9.98. The fourth-order valence-corrected chi connectivity index (χ4v) is 3.25. The maximum absolute atomic E-state index is 5.83. The van der Waals surface area contributed by atoms with Crippen molar-refractivity contribution in [2.45, 2.75) is 37.5 Å². The molecule has 0 saturated carbocycles. The molecule has 4 heteroatoms. The minimum Gasteiger partial charge on any atom is -0.310 e. The summed E-state index contributed by atoms with van der Waals surface area (Å²) >= 11 is 2.89. The highest BCUT2D eigenvalue weighted by Gasteiger charge is 2.15. The van der Waals surface area contributed by atoms with Gasteiger partial charge in [-0.1, -0.05) is 49.2 Å². The Bertz CT molecular complexity index is 543. The fourth-order valence-electron chi connectivity index (χ4n) is 2.00. The highest BCUT2D eigenvalue weighted by Crippen LogP contribution is 2.25. The van der Waals surface area contributed by atoms with Crippen LogP contribution in [0.15, 0.2) is 58.3 Å². The summed E-state index contributed by atoms with van der Waals surface area (Å²) in [6, 6.07) is 16.8. The third-order valence-corrected chi connectivity index (χ3v) is 5.30. The topological polar surface area (TPSA) is 18.5 Å². The van der Waals surface area contributed by atoms with Crippen LogP contribution in [-0.4, -0.2) is 13.2 Å². The lowest BCUT2D eigenvalue weighted by Crippen LogP contribution is -2.19. The Morgan fingerprint density at radius 3 is 1.42 bits per heavy atom. The summed E-state index contributed by atoms with van der Waals surface area (Å²) < 4.78 is 11.7. The lowest BCUT2D eigenvalue weighted by molar-refractivity contribution is 0.170. The first-order valence-electron chi connectivity index (χ1n) is 8.27. The lowest BCUT2D eigenvalue weighted by atomic mass is 9.98. The maximum atomic E-state index is 5.83. The molecule has 0 saturated heterocycles. The number of rotatable bonds is 9. The van der Waals surface area contributed by atoms with Gasteiger partial charge in [-0.3, -0.25) is 0 Å². The van der Waals surface area contributed by atoms with E-state index in [2.05, 4.69) is 76.2 Å². The number of benzene rings is 2. The zero-order chi connectivity index (χ0) is 17.4. The van der Waals surface area contributed by atoms with Crippen LogP contribution >= 0.6 is 24.1 Å². The molecule has 0 aliphatic heterocycles. The van der Waals surface area contributed by atoms with Crippen LogP contribution in [0.5, 0.6) is 0 Å². The molecule has 0 aliphatic carbocycles. The van der Waals surface area contributed by atoms with Crippen molar-refractivity contribution in [3.63, 3.8) is 0 Å². The number of hydrogen-bond acceptors (Lipinski definition) is 4. The second-order valence-corrected chi connectivity index (χ2v) is 8.11. The summed E-state index contributed by atoms with van der Waals surface area (Å²) in [5.41, 5.74) is 2.53. The molecular formula is C20H26O2S2. The highest BCUT2D eigenvalue weighted by molar-refractivity contribution is 7.95. The van der Waals surface area contributed by atoms with Crippen LogP contribution < -0.4 is 0 Å². The van der Waals surface area contributed by atoms with Crippen molar-refractivity contribution < 1.29 is 8.37 Å². The van der Waals surface area contributed by atoms with E-state index in [0.29, 0.717) is 25.0 Å². The maximum Gasteiger partial charge on any atom is 0.0671 e. The molecule has 0 fully saturated rings. The number of aryl methyl sites for hydroxylation is 2. The van der Waals surface area contributed by atoms with E-state index in [-0.39, 0.29) is 0 Å². The van der Waals surface area contributed by atoms with Gasteiger partial charge in [0.2, 0.25) is 0 Å². The van der Waals surface area contributed by atoms with E-state index in [9.17, 15) is 0 Å². The third-order valence-electron chi connectivity index (χ3n) is 3.86. The summed E-state index contributed by atoms with van der Waals surface area (Å²) in [4.78, 5) is 2.27. The average molecular weight is 363 g/mol. The van der Waals surface area contributed by atoms with E-state index < -0.39 is 0 Å². The van der Waals surface area contributed by atoms with Gasteiger partial charge in [0.25, 0.3) is 0 Å². The molecule has 0 N–H and O–H groups in total. The van der Waals surface area contributed by atoms with Gasteiger partial charge in [0.05, 0.1) is 13.2 Å². The van der Waals surface area contributed by atoms with Crippen LogP contribution in [0.4, 0.5) is 0 Å². The van der Waals surface area contributed by atoms with Gasteiger partial charge in [-0.15, -0.1) is 0 Å². The number of hydrogen-bond donors (Lipinski definition) is 0. The van der Waals surface area contributed by atoms with Crippen molar-refractivity contribution in [2.24, 2.45) is 11.8 Å². The van der Waals surface area contributed by atoms with E-state index in [1.165, 1.54) is 35.2 Å². The molecule has 2 nitrogen and oxygen atoms in total. The van der Waals surface area contributed by atoms with Gasteiger partial charge < -0.3 is 8.37 Å². The molecule has 0 atom stereocenters. The molecule has 0 bridgehead atoms. The smallest absolute Gasteiger partial charge is 0.0671 e. The van der Waals surface area contributed by atoms with Crippen LogP contribution in [0, 0.1) is 25.7 Å². The van der Waals surface area contributed by atoms with E-state index in [0.717, 1.165) is 9.79 Å². The minimum atomic E-state index is 0.376. The lowest BCUT2D eigenvalue weighted by Gasteiger charge is -2.19. The first kappa shape index (κ1) is 19.4. The van der Waals surface area contributed by atoms with Crippen molar-refractivity contribution in [3.8, 4) is 0 Å². The van der Waals surface area contributed by atoms with Gasteiger partial charge in [0.15, 0.2) is 0 Å². The van der Waals surface area contributed by atoms with E-state index in [1.807, 2.05) is 0 Å². The van der Waals surface area contributed by atoms with E-state index >= 15 is 0 Å². The first-order chi connectivity index (χ1) is 11.5. The monoisotopic (exact) mass is 362 g/mol. The normalized spacial score (nSPS) is 11.4. The van der Waals surface area contributed by atoms with E-state index in [1.54, 1.807) is 0 Å². The molecule has 0 unspecified atom stereocenters. The standard InChI is InChI=1S/C20H26O2S2/c1-15(2)18(13-21-23-19-9-5-16(3)6-10-19)14-22-24-20-11-7-17(4)8-12-20/h5-12,15,18H,13-14H2,1-4H3. The minimum absolute atomic E-state index is 0.376. The molecular weight excluding hydrogens is 336 g/mol. The summed E-state index contributed by atoms with van der Waals surface area (Å²) in [7, 11) is 0. The molecule has 2 rings (SSSR count). The molecule has 2 aromatic rings. The zero-order valence-electron chi connectivity index (χ0n) is 14.8. The van der Waals surface area contributed by atoms with Gasteiger partial charge in [-0.05, 0) is 44.0 Å². The van der Waals surface area contributed by atoms with Crippen LogP contribution in [0.25, 0.3) is 0 Å². The molecule has 0 aromatic heterocycles. The summed E-state index contributed by atoms with van der Waals surface area (Å²) in [6.07, 6.45) is 0. The molecule has 130 valence electrons. The molecule has 24 heavy (non-hydrogen) atoms. The predicted octanol–water partition coefficient (Wildman–Crippen LogP) is 6.32. The second-order valence-electron chi connectivity index (χ2n) is 6.37. The van der Waals surface area contributed by atoms with Crippen molar-refractivity contribution in [3.05, 3.63) is 59.7 Å². The molecule has 0 radical (unpaired) electrons. The van der Waals surface area contributed by atoms with Crippen LogP contribution in [0.1, 0.15) is 25.0 Å². The Labute approximate surface area is 154 Å². The Hall–Kier alpha value is -0.940. The van der Waals surface area contributed by atoms with Crippen LogP contribution in [-0.2, 0) is 8.37 Å². The molecule has 2 aromatic carbocycles. The SMILES string of the molecule is Cc1ccc(SOCC(COSc2ccc(C)cc2)C(C)C)cc1. The fraction of sp³-hybridized carbons (Fsp3) is 0.400. The summed E-state index contributed by atoms with van der Waals surface area (Å²) in [5, 5.41) is 0. The molecule has 0 aliphatic rings. The Morgan fingerprint density at radius 1 is 0.708 bits per heavy atom. The Balaban J connectivity index is 1.73. The first-order valence-corrected chi connectivity index (χ1v) is 9.75. The van der Waals surface area contributed by atoms with Gasteiger partial charge >= 0.3 is 0 Å². The molecule has 0 heterocycles. The van der Waals surface area contributed by atoms with Gasteiger partial charge in [0, 0.05) is 39.8 Å². The van der Waals surface area contributed by atoms with Crippen molar-refractivity contribution in [1.29, 1.82) is 0 Å². The van der Waals surface area contributed by atoms with E-state index in [4.69, 9.17) is 8.37 Å². The van der Waals surface area contributed by atoms with Crippen molar-refractivity contribution in [1.82, 2.24) is 0 Å². The zero-order valence-corrected chi connectivity index (χ0v) is 16.5. The van der Waals surface area contributed by atoms with Crippen LogP contribution in [0.2, 0.25) is 0 Å². The molecule has 0 amide bonds. The van der Waals surface area contributed by atoms with Gasteiger partial charge in [-0.2, -0.15) is 0 Å². The molecule has 0 spiro atoms. The quantitative estimate of drug-likeness (QED) is 0.485. The Kier molecular flexibility index (Phi) is 8.19. The van der Waals surface area contributed by atoms with Crippen molar-refractivity contribution in [2.75, 3.05) is 13.2 Å². The van der Waals surface area contributed by atoms with Crippen LogP contribution in [0.3, 0.4) is 0 Å². The highest BCUT2D eigenvalue weighted by atomic mass is 32.2. The Morgan fingerprint density at radius 2 is 1.08 bits per heavy atom. The largest absolute Gasteiger partial charge is 0.310 e. The van der Waals surface area contributed by atoms with Crippen molar-refractivity contribution >= 4 is 24.1 Å². The van der Waals surface area contributed by atoms with Gasteiger partial charge in [-0.25, -0.2) is 0 Å². The second kappa shape index (κ2) is 10.1. The average Bonchev–Trinajstić information content (AvgIpc) is 2.56. The third kappa shape index (κ3) is 6.89.